The number of benzene rings is 2. The number of amides is 1. The van der Waals surface area contributed by atoms with Crippen molar-refractivity contribution in [3.8, 4) is 11.5 Å². The highest BCUT2D eigenvalue weighted by Crippen LogP contribution is 2.25. The minimum atomic E-state index is -0.216. The molecule has 2 aromatic rings. The summed E-state index contributed by atoms with van der Waals surface area (Å²) in [6.45, 7) is 1.61. The Hall–Kier alpha value is -2.57. The maximum Gasteiger partial charge on any atom is 0.234 e. The second kappa shape index (κ2) is 11.7. The van der Waals surface area contributed by atoms with Crippen molar-refractivity contribution in [1.29, 1.82) is 0 Å². The van der Waals surface area contributed by atoms with E-state index in [2.05, 4.69) is 16.3 Å². The molecule has 0 aromatic heterocycles. The van der Waals surface area contributed by atoms with E-state index in [1.807, 2.05) is 42.5 Å². The first-order valence-corrected chi connectivity index (χ1v) is 11.0. The highest BCUT2D eigenvalue weighted by Gasteiger charge is 2.26. The molecule has 2 aromatic carbocycles. The molecule has 31 heavy (non-hydrogen) atoms. The van der Waals surface area contributed by atoms with Crippen LogP contribution in [0.3, 0.4) is 0 Å². The van der Waals surface area contributed by atoms with Crippen molar-refractivity contribution in [3.05, 3.63) is 59.7 Å². The summed E-state index contributed by atoms with van der Waals surface area (Å²) in [6, 6.07) is 16.2. The second-order valence-corrected chi connectivity index (χ2v) is 8.17. The fourth-order valence-electron chi connectivity index (χ4n) is 4.16. The summed E-state index contributed by atoms with van der Waals surface area (Å²) >= 11 is 0. The Balaban J connectivity index is 1.58. The normalized spacial score (nSPS) is 18.6. The van der Waals surface area contributed by atoms with Gasteiger partial charge < -0.3 is 19.9 Å². The number of methoxy groups -OCH3 is 2. The smallest absolute Gasteiger partial charge is 0.234 e. The SMILES string of the molecule is COc1cccc(CCNC(=O)CN(Cc2cccc(OC)c2)C2CCC(O)CC2)c1. The van der Waals surface area contributed by atoms with Crippen molar-refractivity contribution in [2.45, 2.75) is 50.8 Å². The van der Waals surface area contributed by atoms with Crippen molar-refractivity contribution in [3.63, 3.8) is 0 Å². The zero-order valence-corrected chi connectivity index (χ0v) is 18.5. The van der Waals surface area contributed by atoms with Crippen LogP contribution in [0.4, 0.5) is 0 Å². The maximum absolute atomic E-state index is 12.7. The lowest BCUT2D eigenvalue weighted by atomic mass is 9.91. The molecular weight excluding hydrogens is 392 g/mol. The van der Waals surface area contributed by atoms with Gasteiger partial charge in [-0.25, -0.2) is 0 Å². The zero-order valence-electron chi connectivity index (χ0n) is 18.5. The van der Waals surface area contributed by atoms with Gasteiger partial charge in [-0.1, -0.05) is 24.3 Å². The van der Waals surface area contributed by atoms with Gasteiger partial charge >= 0.3 is 0 Å². The Labute approximate surface area is 185 Å². The number of hydrogen-bond acceptors (Lipinski definition) is 5. The first kappa shape index (κ1) is 23.1. The molecule has 1 aliphatic rings. The van der Waals surface area contributed by atoms with Crippen molar-refractivity contribution < 1.29 is 19.4 Å². The molecule has 168 valence electrons. The van der Waals surface area contributed by atoms with Crippen LogP contribution < -0.4 is 14.8 Å². The average Bonchev–Trinajstić information content (AvgIpc) is 2.79. The van der Waals surface area contributed by atoms with Crippen LogP contribution in [0.15, 0.2) is 48.5 Å². The van der Waals surface area contributed by atoms with Gasteiger partial charge in [0.15, 0.2) is 0 Å². The molecule has 0 aliphatic heterocycles. The Bertz CT molecular complexity index is 834. The summed E-state index contributed by atoms with van der Waals surface area (Å²) in [5, 5.41) is 12.9. The highest BCUT2D eigenvalue weighted by molar-refractivity contribution is 5.78. The first-order chi connectivity index (χ1) is 15.1. The summed E-state index contributed by atoms with van der Waals surface area (Å²) in [6.07, 6.45) is 3.93. The Morgan fingerprint density at radius 2 is 1.61 bits per heavy atom. The third kappa shape index (κ3) is 7.26. The lowest BCUT2D eigenvalue weighted by Crippen LogP contribution is -2.44. The molecule has 2 N–H and O–H groups in total. The fourth-order valence-corrected chi connectivity index (χ4v) is 4.16. The Morgan fingerprint density at radius 3 is 2.26 bits per heavy atom. The summed E-state index contributed by atoms with van der Waals surface area (Å²) in [5.74, 6) is 1.67. The van der Waals surface area contributed by atoms with Gasteiger partial charge in [0.05, 0.1) is 26.9 Å². The minimum absolute atomic E-state index is 0.0249. The molecule has 1 saturated carbocycles. The molecule has 0 atom stereocenters. The Morgan fingerprint density at radius 1 is 1.00 bits per heavy atom. The summed E-state index contributed by atoms with van der Waals surface area (Å²) in [4.78, 5) is 15.0. The molecule has 6 heteroatoms. The van der Waals surface area contributed by atoms with Gasteiger partial charge in [-0.15, -0.1) is 0 Å². The quantitative estimate of drug-likeness (QED) is 0.611. The largest absolute Gasteiger partial charge is 0.497 e. The van der Waals surface area contributed by atoms with E-state index in [1.54, 1.807) is 14.2 Å². The number of carbonyl (C=O) groups is 1. The van der Waals surface area contributed by atoms with Gasteiger partial charge in [-0.2, -0.15) is 0 Å². The number of aliphatic hydroxyl groups is 1. The lowest BCUT2D eigenvalue weighted by molar-refractivity contribution is -0.123. The van der Waals surface area contributed by atoms with E-state index in [1.165, 1.54) is 0 Å². The zero-order chi connectivity index (χ0) is 22.1. The summed E-state index contributed by atoms with van der Waals surface area (Å²) in [5.41, 5.74) is 2.25. The number of ether oxygens (including phenoxy) is 2. The van der Waals surface area contributed by atoms with Crippen molar-refractivity contribution >= 4 is 5.91 Å². The predicted octanol–water partition coefficient (Wildman–Crippen LogP) is 3.17. The second-order valence-electron chi connectivity index (χ2n) is 8.17. The van der Waals surface area contributed by atoms with Gasteiger partial charge in [0.1, 0.15) is 11.5 Å². The molecule has 0 heterocycles. The van der Waals surface area contributed by atoms with E-state index in [-0.39, 0.29) is 12.0 Å². The van der Waals surface area contributed by atoms with Crippen molar-refractivity contribution in [2.24, 2.45) is 0 Å². The van der Waals surface area contributed by atoms with Gasteiger partial charge in [0, 0.05) is 19.1 Å². The predicted molar refractivity (Wildman–Crippen MR) is 121 cm³/mol. The van der Waals surface area contributed by atoms with Crippen LogP contribution in [0.5, 0.6) is 11.5 Å². The van der Waals surface area contributed by atoms with Crippen molar-refractivity contribution in [2.75, 3.05) is 27.3 Å². The van der Waals surface area contributed by atoms with Crippen LogP contribution in [-0.4, -0.2) is 55.4 Å². The first-order valence-electron chi connectivity index (χ1n) is 11.0. The van der Waals surface area contributed by atoms with Gasteiger partial charge in [0.25, 0.3) is 0 Å². The summed E-state index contributed by atoms with van der Waals surface area (Å²) < 4.78 is 10.6. The van der Waals surface area contributed by atoms with Crippen LogP contribution in [0.2, 0.25) is 0 Å². The van der Waals surface area contributed by atoms with Crippen LogP contribution in [-0.2, 0) is 17.8 Å². The minimum Gasteiger partial charge on any atom is -0.497 e. The molecule has 1 amide bonds. The lowest BCUT2D eigenvalue weighted by Gasteiger charge is -2.35. The number of rotatable bonds is 10. The topological polar surface area (TPSA) is 71.0 Å². The standard InChI is InChI=1S/C25H34N2O4/c1-30-23-7-3-5-19(15-23)13-14-26-25(29)18-27(21-9-11-22(28)12-10-21)17-20-6-4-8-24(16-20)31-2/h3-8,15-16,21-22,28H,9-14,17-18H2,1-2H3,(H,26,29). The molecule has 6 nitrogen and oxygen atoms in total. The van der Waals surface area contributed by atoms with Crippen LogP contribution in [0, 0.1) is 0 Å². The maximum atomic E-state index is 12.7. The molecule has 0 spiro atoms. The molecule has 0 radical (unpaired) electrons. The number of nitrogens with zero attached hydrogens (tertiary/aromatic N) is 1. The van der Waals surface area contributed by atoms with Gasteiger partial charge in [0.2, 0.25) is 5.91 Å². The number of nitrogens with one attached hydrogen (secondary N) is 1. The fraction of sp³-hybridized carbons (Fsp3) is 0.480. The van der Waals surface area contributed by atoms with E-state index >= 15 is 0 Å². The molecular formula is C25H34N2O4. The van der Waals surface area contributed by atoms with Crippen LogP contribution in [0.1, 0.15) is 36.8 Å². The number of carbonyl (C=O) groups excluding carboxylic acids is 1. The van der Waals surface area contributed by atoms with E-state index in [0.717, 1.165) is 54.7 Å². The third-order valence-corrected chi connectivity index (χ3v) is 5.92. The van der Waals surface area contributed by atoms with E-state index in [4.69, 9.17) is 9.47 Å². The van der Waals surface area contributed by atoms with E-state index < -0.39 is 0 Å². The third-order valence-electron chi connectivity index (χ3n) is 5.92. The van der Waals surface area contributed by atoms with E-state index in [0.29, 0.717) is 25.7 Å². The average molecular weight is 427 g/mol. The van der Waals surface area contributed by atoms with Gasteiger partial charge in [-0.05, 0) is 67.5 Å². The monoisotopic (exact) mass is 426 g/mol. The molecule has 1 fully saturated rings. The van der Waals surface area contributed by atoms with E-state index in [9.17, 15) is 9.90 Å². The Kier molecular flexibility index (Phi) is 8.74. The molecule has 0 bridgehead atoms. The summed E-state index contributed by atoms with van der Waals surface area (Å²) in [7, 11) is 3.32. The van der Waals surface area contributed by atoms with Crippen LogP contribution in [0.25, 0.3) is 0 Å². The molecule has 0 unspecified atom stereocenters. The molecule has 0 saturated heterocycles. The van der Waals surface area contributed by atoms with Gasteiger partial charge in [-0.3, -0.25) is 9.69 Å². The van der Waals surface area contributed by atoms with Crippen LogP contribution >= 0.6 is 0 Å². The van der Waals surface area contributed by atoms with Crippen molar-refractivity contribution in [1.82, 2.24) is 10.2 Å². The molecule has 3 rings (SSSR count). The highest BCUT2D eigenvalue weighted by atomic mass is 16.5. The number of hydrogen-bond donors (Lipinski definition) is 2. The number of aliphatic hydroxyl groups excluding tert-OH is 1. The molecule has 1 aliphatic carbocycles.